The molecule has 102 valence electrons. The van der Waals surface area contributed by atoms with Crippen LogP contribution in [0.2, 0.25) is 0 Å². The molecule has 2 atom stereocenters. The average Bonchev–Trinajstić information content (AvgIpc) is 2.41. The number of hydrogen-bond donors (Lipinski definition) is 2. The molecule has 0 spiro atoms. The van der Waals surface area contributed by atoms with Crippen LogP contribution in [0.15, 0.2) is 0 Å². The van der Waals surface area contributed by atoms with Crippen LogP contribution in [0.1, 0.15) is 13.3 Å². The molecule has 0 aromatic carbocycles. The van der Waals surface area contributed by atoms with Gasteiger partial charge in [-0.1, -0.05) is 6.92 Å². The lowest BCUT2D eigenvalue weighted by molar-refractivity contribution is -0.154. The third kappa shape index (κ3) is 2.81. The summed E-state index contributed by atoms with van der Waals surface area (Å²) in [5.74, 6) is -0.783. The van der Waals surface area contributed by atoms with Crippen LogP contribution in [-0.2, 0) is 9.59 Å². The van der Waals surface area contributed by atoms with Crippen LogP contribution in [0, 0.1) is 5.92 Å². The van der Waals surface area contributed by atoms with Crippen LogP contribution < -0.4 is 5.32 Å². The molecule has 0 aliphatic carbocycles. The molecule has 0 radical (unpaired) electrons. The zero-order valence-corrected chi connectivity index (χ0v) is 10.8. The first-order valence-electron chi connectivity index (χ1n) is 6.56. The summed E-state index contributed by atoms with van der Waals surface area (Å²) in [6.45, 7) is 5.52. The van der Waals surface area contributed by atoms with E-state index in [0.717, 1.165) is 13.1 Å². The van der Waals surface area contributed by atoms with Gasteiger partial charge in [0.2, 0.25) is 0 Å². The van der Waals surface area contributed by atoms with E-state index in [9.17, 15) is 14.7 Å². The van der Waals surface area contributed by atoms with E-state index in [2.05, 4.69) is 5.32 Å². The highest BCUT2D eigenvalue weighted by atomic mass is 16.3. The van der Waals surface area contributed by atoms with Crippen LogP contribution in [-0.4, -0.2) is 72.1 Å². The Morgan fingerprint density at radius 1 is 1.11 bits per heavy atom. The van der Waals surface area contributed by atoms with Crippen LogP contribution >= 0.6 is 0 Å². The van der Waals surface area contributed by atoms with E-state index in [4.69, 9.17) is 0 Å². The van der Waals surface area contributed by atoms with Gasteiger partial charge in [0.1, 0.15) is 0 Å². The largest absolute Gasteiger partial charge is 0.393 e. The van der Waals surface area contributed by atoms with Crippen LogP contribution in [0.25, 0.3) is 0 Å². The molecule has 2 fully saturated rings. The number of carbonyl (C=O) groups excluding carboxylic acids is 2. The van der Waals surface area contributed by atoms with Gasteiger partial charge in [-0.15, -0.1) is 0 Å². The number of piperazine rings is 1. The van der Waals surface area contributed by atoms with Gasteiger partial charge in [0.25, 0.3) is 0 Å². The van der Waals surface area contributed by atoms with Crippen molar-refractivity contribution in [1.29, 1.82) is 0 Å². The summed E-state index contributed by atoms with van der Waals surface area (Å²) in [4.78, 5) is 27.3. The molecule has 2 heterocycles. The molecular formula is C12H21N3O3. The Morgan fingerprint density at radius 2 is 1.72 bits per heavy atom. The van der Waals surface area contributed by atoms with Gasteiger partial charge in [-0.3, -0.25) is 9.59 Å². The Labute approximate surface area is 107 Å². The summed E-state index contributed by atoms with van der Waals surface area (Å²) in [6, 6.07) is 0. The lowest BCUT2D eigenvalue weighted by Crippen LogP contribution is -2.54. The van der Waals surface area contributed by atoms with Crippen molar-refractivity contribution in [2.75, 3.05) is 39.3 Å². The lowest BCUT2D eigenvalue weighted by Gasteiger charge is -2.35. The van der Waals surface area contributed by atoms with Crippen molar-refractivity contribution in [3.63, 3.8) is 0 Å². The molecule has 0 aromatic heterocycles. The van der Waals surface area contributed by atoms with Crippen molar-refractivity contribution in [2.24, 2.45) is 5.92 Å². The van der Waals surface area contributed by atoms with E-state index in [1.807, 2.05) is 6.92 Å². The van der Waals surface area contributed by atoms with E-state index in [0.29, 0.717) is 32.6 Å². The number of rotatable bonds is 0. The van der Waals surface area contributed by atoms with E-state index in [1.54, 1.807) is 9.80 Å². The zero-order valence-electron chi connectivity index (χ0n) is 10.8. The molecular weight excluding hydrogens is 234 g/mol. The van der Waals surface area contributed by atoms with Gasteiger partial charge < -0.3 is 20.2 Å². The van der Waals surface area contributed by atoms with Crippen LogP contribution in [0.5, 0.6) is 0 Å². The maximum atomic E-state index is 12.1. The Balaban J connectivity index is 1.92. The Bertz CT molecular complexity index is 329. The van der Waals surface area contributed by atoms with Gasteiger partial charge in [0, 0.05) is 39.3 Å². The summed E-state index contributed by atoms with van der Waals surface area (Å²) >= 11 is 0. The minimum absolute atomic E-state index is 0.0403. The van der Waals surface area contributed by atoms with Crippen molar-refractivity contribution < 1.29 is 14.7 Å². The van der Waals surface area contributed by atoms with Gasteiger partial charge in [-0.05, 0) is 12.3 Å². The van der Waals surface area contributed by atoms with Crippen LogP contribution in [0.3, 0.4) is 0 Å². The third-order valence-corrected chi connectivity index (χ3v) is 3.73. The van der Waals surface area contributed by atoms with Crippen molar-refractivity contribution in [2.45, 2.75) is 19.4 Å². The molecule has 2 aliphatic rings. The molecule has 0 bridgehead atoms. The monoisotopic (exact) mass is 255 g/mol. The number of piperidine rings is 1. The number of amides is 2. The minimum Gasteiger partial charge on any atom is -0.393 e. The molecule has 18 heavy (non-hydrogen) atoms. The quantitative estimate of drug-likeness (QED) is 0.525. The Hall–Kier alpha value is -1.14. The van der Waals surface area contributed by atoms with Crippen molar-refractivity contribution in [1.82, 2.24) is 15.1 Å². The van der Waals surface area contributed by atoms with E-state index in [1.165, 1.54) is 0 Å². The highest BCUT2D eigenvalue weighted by Gasteiger charge is 2.32. The lowest BCUT2D eigenvalue weighted by atomic mass is 9.97. The number of nitrogens with one attached hydrogen (secondary N) is 1. The summed E-state index contributed by atoms with van der Waals surface area (Å²) < 4.78 is 0. The first kappa shape index (κ1) is 13.3. The third-order valence-electron chi connectivity index (χ3n) is 3.73. The number of carbonyl (C=O) groups is 2. The van der Waals surface area contributed by atoms with Gasteiger partial charge in [-0.25, -0.2) is 0 Å². The fraction of sp³-hybridized carbons (Fsp3) is 0.833. The van der Waals surface area contributed by atoms with Gasteiger partial charge in [0.05, 0.1) is 6.10 Å². The molecule has 2 amide bonds. The van der Waals surface area contributed by atoms with E-state index in [-0.39, 0.29) is 12.0 Å². The molecule has 6 heteroatoms. The predicted octanol–water partition coefficient (Wildman–Crippen LogP) is -1.35. The van der Waals surface area contributed by atoms with Gasteiger partial charge in [0.15, 0.2) is 0 Å². The number of aliphatic hydroxyl groups excluding tert-OH is 1. The Kier molecular flexibility index (Phi) is 4.19. The van der Waals surface area contributed by atoms with Crippen molar-refractivity contribution >= 4 is 11.8 Å². The van der Waals surface area contributed by atoms with Crippen LogP contribution in [0.4, 0.5) is 0 Å². The first-order chi connectivity index (χ1) is 8.59. The smallest absolute Gasteiger partial charge is 0.312 e. The van der Waals surface area contributed by atoms with Crippen molar-refractivity contribution in [3.8, 4) is 0 Å². The Morgan fingerprint density at radius 3 is 2.33 bits per heavy atom. The number of hydrogen-bond acceptors (Lipinski definition) is 4. The maximum Gasteiger partial charge on any atom is 0.312 e. The summed E-state index contributed by atoms with van der Waals surface area (Å²) in [5.41, 5.74) is 0. The zero-order chi connectivity index (χ0) is 13.1. The normalized spacial score (nSPS) is 29.2. The molecule has 2 aliphatic heterocycles. The molecule has 2 rings (SSSR count). The molecule has 0 aromatic rings. The number of likely N-dealkylation sites (tertiary alicyclic amines) is 1. The average molecular weight is 255 g/mol. The SMILES string of the molecule is CC1CN(C(=O)C(=O)N2CCNCC2)CCC1O. The number of nitrogens with zero attached hydrogens (tertiary/aromatic N) is 2. The maximum absolute atomic E-state index is 12.1. The molecule has 2 N–H and O–H groups in total. The number of aliphatic hydroxyl groups is 1. The van der Waals surface area contributed by atoms with Gasteiger partial charge >= 0.3 is 11.8 Å². The van der Waals surface area contributed by atoms with E-state index < -0.39 is 11.8 Å². The topological polar surface area (TPSA) is 72.9 Å². The molecule has 2 unspecified atom stereocenters. The first-order valence-corrected chi connectivity index (χ1v) is 6.56. The summed E-state index contributed by atoms with van der Waals surface area (Å²) in [5, 5.41) is 12.8. The van der Waals surface area contributed by atoms with Crippen molar-refractivity contribution in [3.05, 3.63) is 0 Å². The van der Waals surface area contributed by atoms with Gasteiger partial charge in [-0.2, -0.15) is 0 Å². The van der Waals surface area contributed by atoms with E-state index >= 15 is 0 Å². The predicted molar refractivity (Wildman–Crippen MR) is 65.8 cm³/mol. The molecule has 0 saturated carbocycles. The standard InChI is InChI=1S/C12H21N3O3/c1-9-8-15(5-2-10(9)16)12(18)11(17)14-6-3-13-4-7-14/h9-10,13,16H,2-8H2,1H3. The minimum atomic E-state index is -0.421. The summed E-state index contributed by atoms with van der Waals surface area (Å²) in [7, 11) is 0. The molecule has 2 saturated heterocycles. The second-order valence-corrected chi connectivity index (χ2v) is 5.13. The highest BCUT2D eigenvalue weighted by molar-refractivity contribution is 6.34. The highest BCUT2D eigenvalue weighted by Crippen LogP contribution is 2.17. The summed E-state index contributed by atoms with van der Waals surface area (Å²) in [6.07, 6.45) is 0.199. The second kappa shape index (κ2) is 5.67. The molecule has 6 nitrogen and oxygen atoms in total. The second-order valence-electron chi connectivity index (χ2n) is 5.13. The fourth-order valence-corrected chi connectivity index (χ4v) is 2.46. The fourth-order valence-electron chi connectivity index (χ4n) is 2.46.